The summed E-state index contributed by atoms with van der Waals surface area (Å²) in [6.07, 6.45) is 2.72. The molecule has 0 saturated heterocycles. The van der Waals surface area contributed by atoms with Crippen molar-refractivity contribution in [1.82, 2.24) is 0 Å². The lowest BCUT2D eigenvalue weighted by molar-refractivity contribution is -0.253. The molecule has 2 aliphatic rings. The lowest BCUT2D eigenvalue weighted by Gasteiger charge is -2.64. The number of aryl methyl sites for hydroxylation is 1. The molecule has 3 rings (SSSR count). The Bertz CT molecular complexity index is 863. The van der Waals surface area contributed by atoms with E-state index in [4.69, 9.17) is 13.9 Å². The average Bonchev–Trinajstić information content (AvgIpc) is 3.24. The topological polar surface area (TPSA) is 123 Å². The second-order valence-corrected chi connectivity index (χ2v) is 9.97. The predicted octanol–water partition coefficient (Wildman–Crippen LogP) is 2.44. The highest BCUT2D eigenvalue weighted by atomic mass is 16.6. The minimum atomic E-state index is -1.39. The van der Waals surface area contributed by atoms with Crippen LogP contribution in [0.3, 0.4) is 0 Å². The van der Waals surface area contributed by atoms with E-state index in [1.165, 1.54) is 13.8 Å². The zero-order valence-corrected chi connectivity index (χ0v) is 19.4. The highest BCUT2D eigenvalue weighted by Crippen LogP contribution is 2.63. The lowest BCUT2D eigenvalue weighted by atomic mass is 9.42. The Hall–Kier alpha value is -2.19. The van der Waals surface area contributed by atoms with Crippen LogP contribution in [-0.2, 0) is 30.3 Å². The lowest BCUT2D eigenvalue weighted by Crippen LogP contribution is -2.72. The van der Waals surface area contributed by atoms with Gasteiger partial charge in [-0.1, -0.05) is 20.8 Å². The minimum Gasteiger partial charge on any atom is -0.472 e. The number of esters is 2. The Morgan fingerprint density at radius 3 is 2.50 bits per heavy atom. The largest absolute Gasteiger partial charge is 0.472 e. The van der Waals surface area contributed by atoms with Gasteiger partial charge in [0.25, 0.3) is 0 Å². The van der Waals surface area contributed by atoms with Crippen LogP contribution >= 0.6 is 0 Å². The summed E-state index contributed by atoms with van der Waals surface area (Å²) in [5, 5.41) is 23.0. The van der Waals surface area contributed by atoms with E-state index < -0.39 is 58.2 Å². The molecule has 2 fully saturated rings. The van der Waals surface area contributed by atoms with Gasteiger partial charge in [-0.3, -0.25) is 14.4 Å². The number of Topliss-reactive ketones (excluding diaryl/α,β-unsaturated/α-hetero) is 1. The number of rotatable bonds is 6. The van der Waals surface area contributed by atoms with Gasteiger partial charge in [0.1, 0.15) is 18.8 Å². The molecule has 0 aliphatic heterocycles. The molecule has 0 amide bonds. The van der Waals surface area contributed by atoms with Gasteiger partial charge in [-0.25, -0.2) is 0 Å². The zero-order chi connectivity index (χ0) is 23.9. The molecule has 8 heteroatoms. The van der Waals surface area contributed by atoms with Crippen LogP contribution in [0.2, 0.25) is 0 Å². The van der Waals surface area contributed by atoms with Crippen LogP contribution in [0.5, 0.6) is 0 Å². The highest BCUT2D eigenvalue weighted by Gasteiger charge is 2.70. The molecule has 1 heterocycles. The highest BCUT2D eigenvalue weighted by molar-refractivity contribution is 5.89. The van der Waals surface area contributed by atoms with Gasteiger partial charge in [-0.2, -0.15) is 0 Å². The molecular weight excluding hydrogens is 416 g/mol. The first-order chi connectivity index (χ1) is 14.9. The first-order valence-electron chi connectivity index (χ1n) is 11.1. The van der Waals surface area contributed by atoms with Crippen LogP contribution < -0.4 is 0 Å². The number of ether oxygens (including phenoxy) is 2. The molecule has 32 heavy (non-hydrogen) atoms. The van der Waals surface area contributed by atoms with Crippen molar-refractivity contribution in [3.8, 4) is 0 Å². The van der Waals surface area contributed by atoms with Crippen molar-refractivity contribution in [3.05, 3.63) is 24.2 Å². The van der Waals surface area contributed by atoms with Crippen molar-refractivity contribution in [2.45, 2.75) is 78.1 Å². The molecule has 7 atom stereocenters. The Balaban J connectivity index is 2.07. The molecule has 2 aliphatic carbocycles. The standard InChI is InChI=1S/C24H34O8/c1-14-19(27)20(28)21-22(4,13-31-15(2)25)18(32-16(3)26)7-9-23(21,5)24(14,29)10-6-17-8-11-30-12-17/h8,11-12,14,18-19,21,27,29H,6-7,9-10,13H2,1-5H3/t14-,18+,19-,21+,22+,23+,24-/m1/s1. The van der Waals surface area contributed by atoms with Gasteiger partial charge in [0, 0.05) is 36.5 Å². The van der Waals surface area contributed by atoms with Gasteiger partial charge in [0.2, 0.25) is 0 Å². The maximum atomic E-state index is 13.5. The number of aliphatic hydroxyl groups is 2. The molecule has 8 nitrogen and oxygen atoms in total. The minimum absolute atomic E-state index is 0.162. The fourth-order valence-corrected chi connectivity index (χ4v) is 6.23. The summed E-state index contributed by atoms with van der Waals surface area (Å²) < 4.78 is 16.0. The monoisotopic (exact) mass is 450 g/mol. The third-order valence-electron chi connectivity index (χ3n) is 8.02. The van der Waals surface area contributed by atoms with Crippen LogP contribution in [0.4, 0.5) is 0 Å². The van der Waals surface area contributed by atoms with Gasteiger partial charge >= 0.3 is 11.9 Å². The first-order valence-corrected chi connectivity index (χ1v) is 11.1. The van der Waals surface area contributed by atoms with E-state index in [1.54, 1.807) is 26.4 Å². The third-order valence-corrected chi connectivity index (χ3v) is 8.02. The number of ketones is 1. The number of carbonyl (C=O) groups excluding carboxylic acids is 3. The molecular formula is C24H34O8. The van der Waals surface area contributed by atoms with E-state index >= 15 is 0 Å². The molecule has 1 aromatic heterocycles. The number of furan rings is 1. The summed E-state index contributed by atoms with van der Waals surface area (Å²) in [5.41, 5.74) is -2.51. The summed E-state index contributed by atoms with van der Waals surface area (Å²) in [5.74, 6) is -3.02. The van der Waals surface area contributed by atoms with Crippen molar-refractivity contribution in [2.75, 3.05) is 6.61 Å². The van der Waals surface area contributed by atoms with Crippen LogP contribution in [0.1, 0.15) is 59.4 Å². The van der Waals surface area contributed by atoms with Crippen molar-refractivity contribution >= 4 is 17.7 Å². The van der Waals surface area contributed by atoms with Crippen molar-refractivity contribution in [2.24, 2.45) is 22.7 Å². The van der Waals surface area contributed by atoms with Gasteiger partial charge < -0.3 is 24.1 Å². The van der Waals surface area contributed by atoms with Gasteiger partial charge in [-0.05, 0) is 37.3 Å². The molecule has 0 aromatic carbocycles. The summed E-state index contributed by atoms with van der Waals surface area (Å²) in [6, 6.07) is 1.82. The molecule has 178 valence electrons. The number of aliphatic hydroxyl groups excluding tert-OH is 1. The third kappa shape index (κ3) is 3.88. The number of fused-ring (bicyclic) bond motifs is 1. The fraction of sp³-hybridized carbons (Fsp3) is 0.708. The number of carbonyl (C=O) groups is 3. The summed E-state index contributed by atoms with van der Waals surface area (Å²) in [6.45, 7) is 7.70. The van der Waals surface area contributed by atoms with E-state index in [0.29, 0.717) is 25.7 Å². The van der Waals surface area contributed by atoms with Gasteiger partial charge in [0.05, 0.1) is 18.1 Å². The molecule has 0 spiro atoms. The predicted molar refractivity (Wildman–Crippen MR) is 113 cm³/mol. The maximum absolute atomic E-state index is 13.5. The van der Waals surface area contributed by atoms with Crippen LogP contribution in [0, 0.1) is 22.7 Å². The second kappa shape index (κ2) is 8.63. The van der Waals surface area contributed by atoms with E-state index in [2.05, 4.69) is 0 Å². The first kappa shape index (κ1) is 24.5. The molecule has 2 N–H and O–H groups in total. The van der Waals surface area contributed by atoms with Crippen LogP contribution in [-0.4, -0.2) is 52.4 Å². The number of hydrogen-bond donors (Lipinski definition) is 2. The maximum Gasteiger partial charge on any atom is 0.302 e. The molecule has 0 bridgehead atoms. The quantitative estimate of drug-likeness (QED) is 0.634. The Labute approximate surface area is 188 Å². The van der Waals surface area contributed by atoms with E-state index in [-0.39, 0.29) is 6.61 Å². The van der Waals surface area contributed by atoms with E-state index in [9.17, 15) is 24.6 Å². The average molecular weight is 451 g/mol. The van der Waals surface area contributed by atoms with Crippen molar-refractivity contribution < 1.29 is 38.5 Å². The fourth-order valence-electron chi connectivity index (χ4n) is 6.23. The second-order valence-electron chi connectivity index (χ2n) is 9.97. The Morgan fingerprint density at radius 1 is 1.25 bits per heavy atom. The Kier molecular flexibility index (Phi) is 6.60. The SMILES string of the molecule is CC(=O)OC[C@@]1(C)[C@@H](OC(C)=O)CC[C@@]2(C)[C@H]1C(=O)[C@H](O)[C@@H](C)[C@]2(O)CCc1ccoc1. The smallest absolute Gasteiger partial charge is 0.302 e. The zero-order valence-electron chi connectivity index (χ0n) is 19.4. The van der Waals surface area contributed by atoms with Crippen LogP contribution in [0.15, 0.2) is 23.0 Å². The normalized spacial score (nSPS) is 39.3. The summed E-state index contributed by atoms with van der Waals surface area (Å²) in [4.78, 5) is 37.0. The van der Waals surface area contributed by atoms with Crippen LogP contribution in [0.25, 0.3) is 0 Å². The van der Waals surface area contributed by atoms with Gasteiger partial charge in [-0.15, -0.1) is 0 Å². The number of hydrogen-bond acceptors (Lipinski definition) is 8. The van der Waals surface area contributed by atoms with Crippen molar-refractivity contribution in [3.63, 3.8) is 0 Å². The molecule has 0 radical (unpaired) electrons. The van der Waals surface area contributed by atoms with Gasteiger partial charge in [0.15, 0.2) is 5.78 Å². The summed E-state index contributed by atoms with van der Waals surface area (Å²) in [7, 11) is 0. The van der Waals surface area contributed by atoms with E-state index in [0.717, 1.165) is 5.56 Å². The Morgan fingerprint density at radius 2 is 1.94 bits per heavy atom. The molecule has 2 saturated carbocycles. The molecule has 0 unspecified atom stereocenters. The van der Waals surface area contributed by atoms with Crippen molar-refractivity contribution in [1.29, 1.82) is 0 Å². The van der Waals surface area contributed by atoms with E-state index in [1.807, 2.05) is 13.0 Å². The summed E-state index contributed by atoms with van der Waals surface area (Å²) >= 11 is 0. The molecule has 1 aromatic rings.